The van der Waals surface area contributed by atoms with Crippen molar-refractivity contribution in [1.82, 2.24) is 24.8 Å². The van der Waals surface area contributed by atoms with Gasteiger partial charge < -0.3 is 16.0 Å². The molecule has 3 rings (SSSR count). The maximum atomic E-state index is 10.5. The molecule has 2 aromatic rings. The number of benzene rings is 1. The van der Waals surface area contributed by atoms with Crippen LogP contribution >= 0.6 is 11.6 Å². The molecule has 37 heavy (non-hydrogen) atoms. The van der Waals surface area contributed by atoms with Crippen molar-refractivity contribution >= 4 is 17.8 Å². The zero-order valence-corrected chi connectivity index (χ0v) is 24.7. The van der Waals surface area contributed by atoms with E-state index in [0.29, 0.717) is 11.2 Å². The van der Waals surface area contributed by atoms with Crippen molar-refractivity contribution in [2.24, 2.45) is 5.73 Å². The summed E-state index contributed by atoms with van der Waals surface area (Å²) in [7, 11) is 3.68. The maximum Gasteiger partial charge on any atom is 0.124 e. The van der Waals surface area contributed by atoms with Crippen LogP contribution in [0.4, 0.5) is 4.39 Å². The van der Waals surface area contributed by atoms with E-state index in [4.69, 9.17) is 17.0 Å². The number of likely N-dealkylation sites (N-methyl/N-ethyl adjacent to an activating group) is 1. The van der Waals surface area contributed by atoms with Gasteiger partial charge in [0, 0.05) is 37.1 Å². The molecule has 0 radical (unpaired) electrons. The SMILES string of the molecule is C=C/C(C)=C/N1CCCCC(c2cn(-c3cccc(Cl)c3)nn2)N(C)CC1.CC.CC.CN.N=CCF. The van der Waals surface area contributed by atoms with Crippen LogP contribution in [-0.4, -0.2) is 71.4 Å². The number of hydrogen-bond donors (Lipinski definition) is 2. The topological polar surface area (TPSA) is 87.1 Å². The second kappa shape index (κ2) is 23.8. The minimum Gasteiger partial charge on any atom is -0.376 e. The zero-order valence-electron chi connectivity index (χ0n) is 23.9. The normalized spacial score (nSPS) is 15.8. The molecule has 1 fully saturated rings. The van der Waals surface area contributed by atoms with Crippen molar-refractivity contribution in [3.8, 4) is 5.69 Å². The van der Waals surface area contributed by atoms with Crippen molar-refractivity contribution in [2.45, 2.75) is 59.9 Å². The van der Waals surface area contributed by atoms with Crippen LogP contribution in [0.25, 0.3) is 5.69 Å². The molecule has 9 heteroatoms. The Kier molecular flexibility index (Phi) is 23.6. The third-order valence-corrected chi connectivity index (χ3v) is 5.39. The van der Waals surface area contributed by atoms with Crippen LogP contribution < -0.4 is 5.73 Å². The van der Waals surface area contributed by atoms with Crippen LogP contribution in [0, 0.1) is 5.41 Å². The highest BCUT2D eigenvalue weighted by atomic mass is 35.5. The second-order valence-corrected chi connectivity index (χ2v) is 7.97. The molecule has 0 bridgehead atoms. The molecule has 0 amide bonds. The summed E-state index contributed by atoms with van der Waals surface area (Å²) in [6, 6.07) is 7.96. The van der Waals surface area contributed by atoms with E-state index in [1.54, 1.807) is 0 Å². The first kappa shape index (κ1) is 36.6. The van der Waals surface area contributed by atoms with Gasteiger partial charge in [0.2, 0.25) is 0 Å². The monoisotopic (exact) mass is 537 g/mol. The van der Waals surface area contributed by atoms with Gasteiger partial charge in [-0.25, -0.2) is 9.07 Å². The summed E-state index contributed by atoms with van der Waals surface area (Å²) in [5, 5.41) is 15.5. The summed E-state index contributed by atoms with van der Waals surface area (Å²) in [5.74, 6) is 0. The summed E-state index contributed by atoms with van der Waals surface area (Å²) in [6.07, 6.45) is 10.3. The van der Waals surface area contributed by atoms with Crippen molar-refractivity contribution in [3.05, 3.63) is 65.6 Å². The summed E-state index contributed by atoms with van der Waals surface area (Å²) in [6.45, 7) is 16.4. The average Bonchev–Trinajstić information content (AvgIpc) is 3.46. The van der Waals surface area contributed by atoms with E-state index >= 15 is 0 Å². The molecule has 7 nitrogen and oxygen atoms in total. The van der Waals surface area contributed by atoms with E-state index in [0.717, 1.165) is 43.9 Å². The van der Waals surface area contributed by atoms with Crippen molar-refractivity contribution in [2.75, 3.05) is 40.4 Å². The highest BCUT2D eigenvalue weighted by Gasteiger charge is 2.22. The first-order valence-corrected chi connectivity index (χ1v) is 13.4. The standard InChI is InChI=1S/C21H28ClN5.C2H4FN.2C2H6.CH5N/c1-4-17(2)15-26-11-6-5-10-21(25(3)12-13-26)20-16-27(24-23-20)19-9-7-8-18(22)14-19;3-1-2-4;3*1-2/h4,7-9,14-16,21H,1,5-6,10-13H2,2-3H3;2,4H,1H2;2*1-2H3;2H2,1H3/b17-15+;;;;. The fourth-order valence-electron chi connectivity index (χ4n) is 3.44. The highest BCUT2D eigenvalue weighted by Crippen LogP contribution is 2.26. The van der Waals surface area contributed by atoms with Crippen molar-refractivity contribution in [1.29, 1.82) is 5.41 Å². The Balaban J connectivity index is 0. The quantitative estimate of drug-likeness (QED) is 0.327. The van der Waals surface area contributed by atoms with Crippen molar-refractivity contribution in [3.63, 3.8) is 0 Å². The van der Waals surface area contributed by atoms with Gasteiger partial charge in [0.15, 0.2) is 0 Å². The lowest BCUT2D eigenvalue weighted by molar-refractivity contribution is 0.216. The van der Waals surface area contributed by atoms with Gasteiger partial charge in [0.25, 0.3) is 0 Å². The molecular formula is C28H49ClFN7. The van der Waals surface area contributed by atoms with Crippen LogP contribution in [0.3, 0.4) is 0 Å². The minimum atomic E-state index is -0.639. The van der Waals surface area contributed by atoms with Gasteiger partial charge in [0.1, 0.15) is 12.4 Å². The van der Waals surface area contributed by atoms with Gasteiger partial charge in [0.05, 0.1) is 17.9 Å². The largest absolute Gasteiger partial charge is 0.376 e. The Morgan fingerprint density at radius 1 is 1.19 bits per heavy atom. The fraction of sp³-hybridized carbons (Fsp3) is 0.536. The van der Waals surface area contributed by atoms with E-state index in [9.17, 15) is 4.39 Å². The Morgan fingerprint density at radius 2 is 1.84 bits per heavy atom. The Bertz CT molecular complexity index is 870. The number of rotatable bonds is 5. The van der Waals surface area contributed by atoms with Crippen LogP contribution in [0.2, 0.25) is 5.02 Å². The lowest BCUT2D eigenvalue weighted by Crippen LogP contribution is -2.32. The van der Waals surface area contributed by atoms with Crippen LogP contribution in [-0.2, 0) is 0 Å². The molecule has 1 saturated heterocycles. The number of aromatic nitrogens is 3. The Labute approximate surface area is 229 Å². The number of nitrogens with zero attached hydrogens (tertiary/aromatic N) is 5. The number of allylic oxidation sites excluding steroid dienone is 2. The fourth-order valence-corrected chi connectivity index (χ4v) is 3.63. The average molecular weight is 538 g/mol. The first-order chi connectivity index (χ1) is 18.0. The molecule has 1 aromatic heterocycles. The summed E-state index contributed by atoms with van der Waals surface area (Å²) >= 11 is 6.11. The van der Waals surface area contributed by atoms with E-state index in [2.05, 4.69) is 52.6 Å². The molecule has 1 atom stereocenters. The summed E-state index contributed by atoms with van der Waals surface area (Å²) < 4.78 is 12.3. The smallest absolute Gasteiger partial charge is 0.124 e. The number of nitrogens with one attached hydrogen (secondary N) is 1. The molecule has 1 aliphatic rings. The maximum absolute atomic E-state index is 10.5. The van der Waals surface area contributed by atoms with Crippen LogP contribution in [0.1, 0.15) is 65.6 Å². The van der Waals surface area contributed by atoms with E-state index in [-0.39, 0.29) is 6.04 Å². The highest BCUT2D eigenvalue weighted by molar-refractivity contribution is 6.30. The molecule has 3 N–H and O–H groups in total. The molecule has 0 spiro atoms. The van der Waals surface area contributed by atoms with E-state index in [1.165, 1.54) is 19.0 Å². The number of nitrogens with two attached hydrogens (primary N) is 1. The number of halogens is 2. The molecule has 1 unspecified atom stereocenters. The van der Waals surface area contributed by atoms with Gasteiger partial charge in [-0.05, 0) is 64.1 Å². The van der Waals surface area contributed by atoms with E-state index < -0.39 is 6.67 Å². The predicted molar refractivity (Wildman–Crippen MR) is 159 cm³/mol. The summed E-state index contributed by atoms with van der Waals surface area (Å²) in [5.41, 5.74) is 7.66. The Hall–Kier alpha value is -2.55. The van der Waals surface area contributed by atoms with Gasteiger partial charge in [-0.1, -0.05) is 63.2 Å². The molecule has 1 aliphatic heterocycles. The molecule has 0 aliphatic carbocycles. The zero-order chi connectivity index (χ0) is 28.6. The van der Waals surface area contributed by atoms with Crippen LogP contribution in [0.5, 0.6) is 0 Å². The van der Waals surface area contributed by atoms with E-state index in [1.807, 2.05) is 68.9 Å². The van der Waals surface area contributed by atoms with Gasteiger partial charge in [-0.2, -0.15) is 0 Å². The van der Waals surface area contributed by atoms with Crippen LogP contribution in [0.15, 0.2) is 54.9 Å². The third-order valence-electron chi connectivity index (χ3n) is 5.16. The lowest BCUT2D eigenvalue weighted by Gasteiger charge is -2.27. The predicted octanol–water partition coefficient (Wildman–Crippen LogP) is 6.70. The minimum absolute atomic E-state index is 0.280. The molecule has 0 saturated carbocycles. The molecule has 1 aromatic carbocycles. The molecule has 2 heterocycles. The lowest BCUT2D eigenvalue weighted by atomic mass is 10.1. The molecule has 210 valence electrons. The first-order valence-electron chi connectivity index (χ1n) is 13.0. The Morgan fingerprint density at radius 3 is 2.41 bits per heavy atom. The number of alkyl halides is 1. The van der Waals surface area contributed by atoms with Gasteiger partial charge in [-0.15, -0.1) is 5.10 Å². The van der Waals surface area contributed by atoms with Crippen molar-refractivity contribution < 1.29 is 4.39 Å². The molecular weight excluding hydrogens is 489 g/mol. The van der Waals surface area contributed by atoms with Gasteiger partial charge >= 0.3 is 0 Å². The van der Waals surface area contributed by atoms with Gasteiger partial charge in [-0.3, -0.25) is 4.90 Å². The summed E-state index contributed by atoms with van der Waals surface area (Å²) in [4.78, 5) is 4.79. The second-order valence-electron chi connectivity index (χ2n) is 7.53. The number of hydrogen-bond acceptors (Lipinski definition) is 6. The third kappa shape index (κ3) is 14.7.